The van der Waals surface area contributed by atoms with Gasteiger partial charge in [0.05, 0.1) is 0 Å². The summed E-state index contributed by atoms with van der Waals surface area (Å²) >= 11 is 0. The summed E-state index contributed by atoms with van der Waals surface area (Å²) < 4.78 is 0. The summed E-state index contributed by atoms with van der Waals surface area (Å²) in [5, 5.41) is 7.88. The lowest BCUT2D eigenvalue weighted by molar-refractivity contribution is 0.132. The lowest BCUT2D eigenvalue weighted by atomic mass is 9.77. The van der Waals surface area contributed by atoms with E-state index in [1.165, 1.54) is 0 Å². The minimum Gasteiger partial charge on any atom is -0.307 e. The van der Waals surface area contributed by atoms with Crippen LogP contribution in [0.2, 0.25) is 0 Å². The second-order valence-electron chi connectivity index (χ2n) is 13.4. The predicted molar refractivity (Wildman–Crippen MR) is 115 cm³/mol. The maximum absolute atomic E-state index is 3.94. The summed E-state index contributed by atoms with van der Waals surface area (Å²) in [4.78, 5) is 0. The maximum Gasteiger partial charge on any atom is 0.0147 e. The van der Waals surface area contributed by atoms with E-state index in [0.29, 0.717) is 10.8 Å². The Labute approximate surface area is 160 Å². The van der Waals surface area contributed by atoms with Crippen molar-refractivity contribution >= 4 is 0 Å². The molecule has 0 aliphatic rings. The van der Waals surface area contributed by atoms with Crippen LogP contribution in [0.5, 0.6) is 0 Å². The second kappa shape index (κ2) is 7.50. The van der Waals surface area contributed by atoms with E-state index in [-0.39, 0.29) is 22.2 Å². The van der Waals surface area contributed by atoms with Gasteiger partial charge in [0.1, 0.15) is 0 Å². The molecule has 0 heterocycles. The molecular weight excluding hydrogens is 304 g/mol. The van der Waals surface area contributed by atoms with Crippen LogP contribution in [0.4, 0.5) is 0 Å². The standard InChI is InChI=1S/C23H50N2/c1-18(2,3)15-20(7,8)24-22(11,12)17-23(13,14)25-21(9,10)16-19(4,5)6/h24-25H,15-17H2,1-14H3. The van der Waals surface area contributed by atoms with E-state index in [4.69, 9.17) is 0 Å². The normalized spacial score (nSPS) is 15.6. The van der Waals surface area contributed by atoms with Crippen molar-refractivity contribution in [2.24, 2.45) is 10.8 Å². The van der Waals surface area contributed by atoms with Gasteiger partial charge in [-0.05, 0) is 85.5 Å². The van der Waals surface area contributed by atoms with Gasteiger partial charge < -0.3 is 10.6 Å². The van der Waals surface area contributed by atoms with E-state index < -0.39 is 0 Å². The molecule has 0 amide bonds. The highest BCUT2D eigenvalue weighted by Gasteiger charge is 2.37. The highest BCUT2D eigenvalue weighted by molar-refractivity contribution is 4.99. The number of rotatable bonds is 8. The van der Waals surface area contributed by atoms with Gasteiger partial charge in [-0.3, -0.25) is 0 Å². The summed E-state index contributed by atoms with van der Waals surface area (Å²) in [6.45, 7) is 32.7. The average Bonchev–Trinajstić information content (AvgIpc) is 1.97. The topological polar surface area (TPSA) is 24.1 Å². The van der Waals surface area contributed by atoms with E-state index in [2.05, 4.69) is 108 Å². The smallest absolute Gasteiger partial charge is 0.0147 e. The van der Waals surface area contributed by atoms with Crippen molar-refractivity contribution in [1.29, 1.82) is 0 Å². The van der Waals surface area contributed by atoms with Crippen LogP contribution in [-0.4, -0.2) is 22.2 Å². The van der Waals surface area contributed by atoms with Crippen molar-refractivity contribution in [2.75, 3.05) is 0 Å². The quantitative estimate of drug-likeness (QED) is 0.517. The van der Waals surface area contributed by atoms with Gasteiger partial charge >= 0.3 is 0 Å². The molecule has 0 bridgehead atoms. The van der Waals surface area contributed by atoms with Crippen molar-refractivity contribution < 1.29 is 0 Å². The molecule has 152 valence electrons. The molecule has 2 nitrogen and oxygen atoms in total. The molecule has 0 aromatic carbocycles. The van der Waals surface area contributed by atoms with E-state index in [9.17, 15) is 0 Å². The first-order valence-corrected chi connectivity index (χ1v) is 10.1. The van der Waals surface area contributed by atoms with Gasteiger partial charge in [0.25, 0.3) is 0 Å². The largest absolute Gasteiger partial charge is 0.307 e. The lowest BCUT2D eigenvalue weighted by Crippen LogP contribution is -2.60. The molecule has 0 saturated heterocycles. The van der Waals surface area contributed by atoms with Gasteiger partial charge in [0.15, 0.2) is 0 Å². The SMILES string of the molecule is CC(C)(C)CC(C)(C)NC(C)(C)CC(C)(C)NC(C)(C)CC(C)(C)C. The van der Waals surface area contributed by atoms with Gasteiger partial charge in [-0.25, -0.2) is 0 Å². The van der Waals surface area contributed by atoms with Crippen LogP contribution < -0.4 is 10.6 Å². The van der Waals surface area contributed by atoms with Crippen molar-refractivity contribution in [1.82, 2.24) is 10.6 Å². The fraction of sp³-hybridized carbons (Fsp3) is 1.00. The summed E-state index contributed by atoms with van der Waals surface area (Å²) in [5.74, 6) is 0. The van der Waals surface area contributed by atoms with Crippen LogP contribution in [0.15, 0.2) is 0 Å². The first-order valence-electron chi connectivity index (χ1n) is 10.1. The molecule has 0 aliphatic heterocycles. The van der Waals surface area contributed by atoms with E-state index in [0.717, 1.165) is 19.3 Å². The minimum absolute atomic E-state index is 0.0725. The highest BCUT2D eigenvalue weighted by atomic mass is 15.1. The van der Waals surface area contributed by atoms with E-state index in [1.807, 2.05) is 0 Å². The maximum atomic E-state index is 3.94. The fourth-order valence-corrected chi connectivity index (χ4v) is 5.77. The third-order valence-electron chi connectivity index (χ3n) is 4.18. The Morgan fingerprint density at radius 2 is 0.560 bits per heavy atom. The van der Waals surface area contributed by atoms with Crippen LogP contribution in [-0.2, 0) is 0 Å². The lowest BCUT2D eigenvalue weighted by Gasteiger charge is -2.47. The van der Waals surface area contributed by atoms with Crippen molar-refractivity contribution in [3.63, 3.8) is 0 Å². The zero-order chi connectivity index (χ0) is 20.5. The molecule has 0 aromatic heterocycles. The second-order valence-corrected chi connectivity index (χ2v) is 13.4. The summed E-state index contributed by atoms with van der Waals surface area (Å²) in [6.07, 6.45) is 3.40. The Balaban J connectivity index is 5.01. The third kappa shape index (κ3) is 12.8. The molecule has 0 rings (SSSR count). The first-order chi connectivity index (χ1) is 10.5. The molecule has 0 aliphatic carbocycles. The zero-order valence-corrected chi connectivity index (χ0v) is 20.1. The van der Waals surface area contributed by atoms with E-state index in [1.54, 1.807) is 0 Å². The third-order valence-corrected chi connectivity index (χ3v) is 4.18. The Kier molecular flexibility index (Phi) is 7.48. The zero-order valence-electron chi connectivity index (χ0n) is 20.1. The van der Waals surface area contributed by atoms with Crippen LogP contribution in [0.1, 0.15) is 116 Å². The van der Waals surface area contributed by atoms with Gasteiger partial charge in [0, 0.05) is 22.2 Å². The first kappa shape index (κ1) is 24.9. The molecule has 0 aromatic rings. The van der Waals surface area contributed by atoms with E-state index >= 15 is 0 Å². The Hall–Kier alpha value is -0.0800. The molecule has 0 unspecified atom stereocenters. The van der Waals surface area contributed by atoms with Crippen LogP contribution in [0, 0.1) is 10.8 Å². The van der Waals surface area contributed by atoms with Crippen LogP contribution in [0.25, 0.3) is 0 Å². The van der Waals surface area contributed by atoms with Gasteiger partial charge in [0.2, 0.25) is 0 Å². The van der Waals surface area contributed by atoms with Crippen molar-refractivity contribution in [2.45, 2.75) is 138 Å². The highest BCUT2D eigenvalue weighted by Crippen LogP contribution is 2.33. The van der Waals surface area contributed by atoms with Crippen molar-refractivity contribution in [3.8, 4) is 0 Å². The Morgan fingerprint density at radius 1 is 0.360 bits per heavy atom. The van der Waals surface area contributed by atoms with Crippen molar-refractivity contribution in [3.05, 3.63) is 0 Å². The van der Waals surface area contributed by atoms with Gasteiger partial charge in [-0.2, -0.15) is 0 Å². The molecule has 25 heavy (non-hydrogen) atoms. The molecule has 0 saturated carbocycles. The summed E-state index contributed by atoms with van der Waals surface area (Å²) in [7, 11) is 0. The van der Waals surface area contributed by atoms with Gasteiger partial charge in [-0.1, -0.05) is 41.5 Å². The summed E-state index contributed by atoms with van der Waals surface area (Å²) in [6, 6.07) is 0. The number of hydrogen-bond donors (Lipinski definition) is 2. The molecular formula is C23H50N2. The predicted octanol–water partition coefficient (Wildman–Crippen LogP) is 6.54. The van der Waals surface area contributed by atoms with Crippen LogP contribution in [0.3, 0.4) is 0 Å². The van der Waals surface area contributed by atoms with Gasteiger partial charge in [-0.15, -0.1) is 0 Å². The number of nitrogens with one attached hydrogen (secondary N) is 2. The molecule has 0 spiro atoms. The number of hydrogen-bond acceptors (Lipinski definition) is 2. The molecule has 0 fully saturated rings. The molecule has 0 atom stereocenters. The molecule has 2 heteroatoms. The fourth-order valence-electron chi connectivity index (χ4n) is 5.77. The minimum atomic E-state index is 0.0725. The molecule has 2 N–H and O–H groups in total. The Morgan fingerprint density at radius 3 is 0.760 bits per heavy atom. The van der Waals surface area contributed by atoms with Crippen LogP contribution >= 0.6 is 0 Å². The summed E-state index contributed by atoms with van der Waals surface area (Å²) in [5.41, 5.74) is 1.05. The molecule has 0 radical (unpaired) electrons. The average molecular weight is 355 g/mol. The Bertz CT molecular complexity index is 374. The monoisotopic (exact) mass is 354 g/mol.